The Kier molecular flexibility index (Phi) is 4.12. The van der Waals surface area contributed by atoms with E-state index in [0.29, 0.717) is 6.04 Å². The second-order valence-corrected chi connectivity index (χ2v) is 7.12. The van der Waals surface area contributed by atoms with Gasteiger partial charge in [0, 0.05) is 23.7 Å². The van der Waals surface area contributed by atoms with Gasteiger partial charge in [-0.15, -0.1) is 0 Å². The second-order valence-electron chi connectivity index (χ2n) is 7.12. The summed E-state index contributed by atoms with van der Waals surface area (Å²) >= 11 is 0. The van der Waals surface area contributed by atoms with Gasteiger partial charge < -0.3 is 0 Å². The summed E-state index contributed by atoms with van der Waals surface area (Å²) in [5.74, 6) is 6.83. The maximum atomic E-state index is 13.2. The van der Waals surface area contributed by atoms with Gasteiger partial charge in [-0.3, -0.25) is 4.90 Å². The Labute approximate surface area is 143 Å². The summed E-state index contributed by atoms with van der Waals surface area (Å²) in [6.45, 7) is 4.80. The molecule has 0 radical (unpaired) electrons. The molecule has 0 saturated carbocycles. The number of nitrogens with zero attached hydrogens (tertiary/aromatic N) is 1. The Balaban J connectivity index is 1.55. The van der Waals surface area contributed by atoms with E-state index in [0.717, 1.165) is 23.5 Å². The highest BCUT2D eigenvalue weighted by molar-refractivity contribution is 5.47. The van der Waals surface area contributed by atoms with Crippen molar-refractivity contribution < 1.29 is 4.39 Å². The largest absolute Gasteiger partial charge is 0.296 e. The molecule has 2 unspecified atom stereocenters. The zero-order valence-corrected chi connectivity index (χ0v) is 14.1. The van der Waals surface area contributed by atoms with Crippen LogP contribution in [0.15, 0.2) is 42.5 Å². The summed E-state index contributed by atoms with van der Waals surface area (Å²) in [5.41, 5.74) is 4.67. The van der Waals surface area contributed by atoms with Crippen LogP contribution in [0.25, 0.3) is 0 Å². The summed E-state index contributed by atoms with van der Waals surface area (Å²) in [6.07, 6.45) is 3.69. The van der Waals surface area contributed by atoms with Crippen LogP contribution in [0.1, 0.15) is 48.1 Å². The molecule has 0 aromatic heterocycles. The SMILES string of the molecule is CC1CCN(C2CCc3cc(C#Cc4cccc(F)c4)ccc32)C1. The van der Waals surface area contributed by atoms with Crippen molar-refractivity contribution in [2.24, 2.45) is 5.92 Å². The maximum Gasteiger partial charge on any atom is 0.124 e. The molecule has 0 amide bonds. The van der Waals surface area contributed by atoms with E-state index >= 15 is 0 Å². The summed E-state index contributed by atoms with van der Waals surface area (Å²) in [5, 5.41) is 0. The van der Waals surface area contributed by atoms with Crippen LogP contribution in [0.4, 0.5) is 4.39 Å². The van der Waals surface area contributed by atoms with Crippen molar-refractivity contribution in [3.63, 3.8) is 0 Å². The Bertz CT molecular complexity index is 814. The third-order valence-electron chi connectivity index (χ3n) is 5.26. The molecule has 2 atom stereocenters. The van der Waals surface area contributed by atoms with E-state index in [1.165, 1.54) is 49.2 Å². The average Bonchev–Trinajstić information content (AvgIpc) is 3.18. The van der Waals surface area contributed by atoms with E-state index < -0.39 is 0 Å². The number of rotatable bonds is 1. The van der Waals surface area contributed by atoms with Crippen LogP contribution in [0, 0.1) is 23.6 Å². The van der Waals surface area contributed by atoms with E-state index in [1.54, 1.807) is 6.07 Å². The first-order valence-corrected chi connectivity index (χ1v) is 8.83. The lowest BCUT2D eigenvalue weighted by molar-refractivity contribution is 0.238. The second kappa shape index (κ2) is 6.42. The predicted octanol–water partition coefficient (Wildman–Crippen LogP) is 4.55. The molecule has 2 aromatic rings. The molecule has 2 heteroatoms. The van der Waals surface area contributed by atoms with E-state index in [1.807, 2.05) is 6.07 Å². The van der Waals surface area contributed by atoms with Gasteiger partial charge in [-0.1, -0.05) is 30.9 Å². The fourth-order valence-electron chi connectivity index (χ4n) is 4.01. The Morgan fingerprint density at radius 1 is 1.04 bits per heavy atom. The molecule has 2 aliphatic rings. The van der Waals surface area contributed by atoms with Crippen molar-refractivity contribution in [2.75, 3.05) is 13.1 Å². The lowest BCUT2D eigenvalue weighted by Crippen LogP contribution is -2.24. The highest BCUT2D eigenvalue weighted by Gasteiger charge is 2.31. The van der Waals surface area contributed by atoms with Crippen LogP contribution in [-0.4, -0.2) is 18.0 Å². The lowest BCUT2D eigenvalue weighted by atomic mass is 10.0. The fourth-order valence-corrected chi connectivity index (χ4v) is 4.01. The van der Waals surface area contributed by atoms with Crippen molar-refractivity contribution in [2.45, 2.75) is 32.2 Å². The molecule has 4 rings (SSSR count). The first kappa shape index (κ1) is 15.4. The number of hydrogen-bond acceptors (Lipinski definition) is 1. The van der Waals surface area contributed by atoms with Gasteiger partial charge in [0.25, 0.3) is 0 Å². The molecule has 1 fully saturated rings. The van der Waals surface area contributed by atoms with Gasteiger partial charge in [0.15, 0.2) is 0 Å². The monoisotopic (exact) mass is 319 g/mol. The van der Waals surface area contributed by atoms with Crippen LogP contribution in [0.2, 0.25) is 0 Å². The molecular formula is C22H22FN. The first-order chi connectivity index (χ1) is 11.7. The molecule has 1 heterocycles. The van der Waals surface area contributed by atoms with Gasteiger partial charge in [-0.05, 0) is 73.2 Å². The number of benzene rings is 2. The van der Waals surface area contributed by atoms with Crippen molar-refractivity contribution in [1.29, 1.82) is 0 Å². The minimum absolute atomic E-state index is 0.238. The average molecular weight is 319 g/mol. The van der Waals surface area contributed by atoms with Gasteiger partial charge in [-0.2, -0.15) is 0 Å². The van der Waals surface area contributed by atoms with Gasteiger partial charge in [0.1, 0.15) is 5.82 Å². The minimum atomic E-state index is -0.238. The lowest BCUT2D eigenvalue weighted by Gasteiger charge is -2.24. The van der Waals surface area contributed by atoms with E-state index in [9.17, 15) is 4.39 Å². The zero-order valence-electron chi connectivity index (χ0n) is 14.1. The van der Waals surface area contributed by atoms with E-state index in [4.69, 9.17) is 0 Å². The third kappa shape index (κ3) is 3.09. The Hall–Kier alpha value is -2.11. The molecule has 2 aromatic carbocycles. The van der Waals surface area contributed by atoms with Gasteiger partial charge >= 0.3 is 0 Å². The standard InChI is InChI=1S/C22H22FN/c1-16-11-12-24(15-16)22-10-8-19-13-18(7-9-21(19)22)6-5-17-3-2-4-20(23)14-17/h2-4,7,9,13-14,16,22H,8,10-12,15H2,1H3. The van der Waals surface area contributed by atoms with Crippen molar-refractivity contribution in [1.82, 2.24) is 4.90 Å². The molecule has 1 saturated heterocycles. The number of hydrogen-bond donors (Lipinski definition) is 0. The Morgan fingerprint density at radius 3 is 2.62 bits per heavy atom. The smallest absolute Gasteiger partial charge is 0.124 e. The summed E-state index contributed by atoms with van der Waals surface area (Å²) in [6, 6.07) is 13.6. The zero-order chi connectivity index (χ0) is 16.5. The molecule has 0 spiro atoms. The quantitative estimate of drug-likeness (QED) is 0.697. The van der Waals surface area contributed by atoms with Crippen molar-refractivity contribution >= 4 is 0 Å². The molecule has 0 bridgehead atoms. The van der Waals surface area contributed by atoms with Crippen molar-refractivity contribution in [3.8, 4) is 11.8 Å². The predicted molar refractivity (Wildman–Crippen MR) is 95.2 cm³/mol. The number of aryl methyl sites for hydroxylation is 1. The topological polar surface area (TPSA) is 3.24 Å². The summed E-state index contributed by atoms with van der Waals surface area (Å²) < 4.78 is 13.2. The van der Waals surface area contributed by atoms with Gasteiger partial charge in [0.2, 0.25) is 0 Å². The highest BCUT2D eigenvalue weighted by atomic mass is 19.1. The number of likely N-dealkylation sites (tertiary alicyclic amines) is 1. The van der Waals surface area contributed by atoms with Crippen LogP contribution in [0.5, 0.6) is 0 Å². The molecule has 1 nitrogen and oxygen atoms in total. The van der Waals surface area contributed by atoms with Crippen LogP contribution < -0.4 is 0 Å². The molecular weight excluding hydrogens is 297 g/mol. The Morgan fingerprint density at radius 2 is 1.88 bits per heavy atom. The molecule has 122 valence electrons. The molecule has 24 heavy (non-hydrogen) atoms. The van der Waals surface area contributed by atoms with Crippen molar-refractivity contribution in [3.05, 3.63) is 70.5 Å². The van der Waals surface area contributed by atoms with E-state index in [2.05, 4.69) is 41.9 Å². The van der Waals surface area contributed by atoms with Gasteiger partial charge in [-0.25, -0.2) is 4.39 Å². The first-order valence-electron chi connectivity index (χ1n) is 8.83. The molecule has 0 N–H and O–H groups in total. The fraction of sp³-hybridized carbons (Fsp3) is 0.364. The maximum absolute atomic E-state index is 13.2. The third-order valence-corrected chi connectivity index (χ3v) is 5.26. The van der Waals surface area contributed by atoms with Gasteiger partial charge in [0.05, 0.1) is 0 Å². The number of fused-ring (bicyclic) bond motifs is 1. The minimum Gasteiger partial charge on any atom is -0.296 e. The van der Waals surface area contributed by atoms with Crippen LogP contribution in [-0.2, 0) is 6.42 Å². The summed E-state index contributed by atoms with van der Waals surface area (Å²) in [7, 11) is 0. The highest BCUT2D eigenvalue weighted by Crippen LogP contribution is 2.38. The molecule has 1 aliphatic carbocycles. The van der Waals surface area contributed by atoms with Crippen LogP contribution in [0.3, 0.4) is 0 Å². The molecule has 1 aliphatic heterocycles. The van der Waals surface area contributed by atoms with E-state index in [-0.39, 0.29) is 5.82 Å². The number of halogens is 1. The van der Waals surface area contributed by atoms with Crippen LogP contribution >= 0.6 is 0 Å². The normalized spacial score (nSPS) is 22.9. The summed E-state index contributed by atoms with van der Waals surface area (Å²) in [4.78, 5) is 2.65.